The molecule has 0 aromatic heterocycles. The van der Waals surface area contributed by atoms with Gasteiger partial charge in [-0.3, -0.25) is 9.10 Å². The molecule has 4 aromatic rings. The molecule has 0 heterocycles. The highest BCUT2D eigenvalue weighted by Gasteiger charge is 2.26. The highest BCUT2D eigenvalue weighted by molar-refractivity contribution is 7.92. The van der Waals surface area contributed by atoms with E-state index in [1.165, 1.54) is 4.31 Å². The van der Waals surface area contributed by atoms with Crippen molar-refractivity contribution < 1.29 is 17.9 Å². The zero-order valence-corrected chi connectivity index (χ0v) is 24.2. The lowest BCUT2D eigenvalue weighted by atomic mass is 10.1. The van der Waals surface area contributed by atoms with Gasteiger partial charge in [-0.15, -0.1) is 0 Å². The van der Waals surface area contributed by atoms with Crippen molar-refractivity contribution in [3.05, 3.63) is 124 Å². The summed E-state index contributed by atoms with van der Waals surface area (Å²) in [5.74, 6) is 0.701. The van der Waals surface area contributed by atoms with Gasteiger partial charge in [0.25, 0.3) is 15.9 Å². The number of hydrogen-bond donors (Lipinski definition) is 1. The Morgan fingerprint density at radius 2 is 1.62 bits per heavy atom. The molecule has 1 N–H and O–H groups in total. The first kappa shape index (κ1) is 29.2. The lowest BCUT2D eigenvalue weighted by Gasteiger charge is -2.26. The standard InChI is InChI=1S/C32H33ClN2O4S/c1-3-39-31-14-8-7-10-26(31)11-9-21-34-32(36)27-18-16-25(17-19-27)23-35(30-22-28(33)20-15-24(30)2)40(37,38)29-12-5-4-6-13-29/h4-8,10,12-20,22H,3,9,11,21,23H2,1-2H3,(H,34,36). The second-order valence-electron chi connectivity index (χ2n) is 9.35. The number of sulfonamides is 1. The summed E-state index contributed by atoms with van der Waals surface area (Å²) in [7, 11) is -3.88. The number of ether oxygens (including phenoxy) is 1. The van der Waals surface area contributed by atoms with Crippen LogP contribution in [0.15, 0.2) is 102 Å². The van der Waals surface area contributed by atoms with Crippen LogP contribution in [-0.4, -0.2) is 27.5 Å². The zero-order valence-electron chi connectivity index (χ0n) is 22.6. The smallest absolute Gasteiger partial charge is 0.264 e. The van der Waals surface area contributed by atoms with Crippen LogP contribution in [0, 0.1) is 6.92 Å². The van der Waals surface area contributed by atoms with Gasteiger partial charge in [-0.2, -0.15) is 0 Å². The maximum Gasteiger partial charge on any atom is 0.264 e. The summed E-state index contributed by atoms with van der Waals surface area (Å²) in [6.45, 7) is 5.03. The molecule has 208 valence electrons. The molecule has 0 aliphatic rings. The van der Waals surface area contributed by atoms with Crippen LogP contribution in [-0.2, 0) is 23.0 Å². The van der Waals surface area contributed by atoms with Crippen LogP contribution >= 0.6 is 11.6 Å². The largest absolute Gasteiger partial charge is 0.494 e. The molecule has 6 nitrogen and oxygen atoms in total. The minimum absolute atomic E-state index is 0.0829. The van der Waals surface area contributed by atoms with Crippen molar-refractivity contribution in [1.82, 2.24) is 5.32 Å². The number of hydrogen-bond acceptors (Lipinski definition) is 4. The van der Waals surface area contributed by atoms with Gasteiger partial charge in [0.15, 0.2) is 0 Å². The van der Waals surface area contributed by atoms with Gasteiger partial charge < -0.3 is 10.1 Å². The van der Waals surface area contributed by atoms with Crippen molar-refractivity contribution in [2.75, 3.05) is 17.5 Å². The predicted octanol–water partition coefficient (Wildman–Crippen LogP) is 6.81. The summed E-state index contributed by atoms with van der Waals surface area (Å²) in [5.41, 5.74) is 3.65. The lowest BCUT2D eigenvalue weighted by Crippen LogP contribution is -2.31. The van der Waals surface area contributed by atoms with Crippen molar-refractivity contribution >= 4 is 33.2 Å². The van der Waals surface area contributed by atoms with E-state index in [-0.39, 0.29) is 17.3 Å². The van der Waals surface area contributed by atoms with Crippen molar-refractivity contribution in [3.8, 4) is 5.75 Å². The number of amides is 1. The monoisotopic (exact) mass is 576 g/mol. The highest BCUT2D eigenvalue weighted by Crippen LogP contribution is 2.31. The van der Waals surface area contributed by atoms with Crippen molar-refractivity contribution in [1.29, 1.82) is 0 Å². The number of nitrogens with one attached hydrogen (secondary N) is 1. The Bertz CT molecular complexity index is 1540. The van der Waals surface area contributed by atoms with Crippen LogP contribution in [0.4, 0.5) is 5.69 Å². The first-order chi connectivity index (χ1) is 19.3. The Kier molecular flexibility index (Phi) is 9.85. The van der Waals surface area contributed by atoms with Gasteiger partial charge in [0.2, 0.25) is 0 Å². The lowest BCUT2D eigenvalue weighted by molar-refractivity contribution is 0.0953. The first-order valence-corrected chi connectivity index (χ1v) is 15.0. The number of aryl methyl sites for hydroxylation is 2. The van der Waals surface area contributed by atoms with E-state index < -0.39 is 10.0 Å². The van der Waals surface area contributed by atoms with E-state index >= 15 is 0 Å². The van der Waals surface area contributed by atoms with Crippen LogP contribution in [0.2, 0.25) is 5.02 Å². The zero-order chi connectivity index (χ0) is 28.5. The number of carbonyl (C=O) groups is 1. The van der Waals surface area contributed by atoms with Gasteiger partial charge in [0.05, 0.1) is 23.7 Å². The molecule has 0 saturated carbocycles. The van der Waals surface area contributed by atoms with Crippen molar-refractivity contribution in [2.24, 2.45) is 0 Å². The number of benzene rings is 4. The summed E-state index contributed by atoms with van der Waals surface area (Å²) < 4.78 is 34.4. The van der Waals surface area contributed by atoms with Crippen molar-refractivity contribution in [3.63, 3.8) is 0 Å². The summed E-state index contributed by atoms with van der Waals surface area (Å²) >= 11 is 6.25. The maximum atomic E-state index is 13.7. The second kappa shape index (κ2) is 13.5. The average molecular weight is 577 g/mol. The molecule has 4 aromatic carbocycles. The average Bonchev–Trinajstić information content (AvgIpc) is 2.97. The van der Waals surface area contributed by atoms with Crippen LogP contribution in [0.1, 0.15) is 40.4 Å². The van der Waals surface area contributed by atoms with Crippen LogP contribution < -0.4 is 14.4 Å². The van der Waals surface area contributed by atoms with Crippen LogP contribution in [0.25, 0.3) is 0 Å². The van der Waals surface area contributed by atoms with E-state index in [9.17, 15) is 13.2 Å². The normalized spacial score (nSPS) is 11.2. The molecule has 0 bridgehead atoms. The molecule has 0 aliphatic carbocycles. The molecule has 4 rings (SSSR count). The van der Waals surface area contributed by atoms with Gasteiger partial charge in [0.1, 0.15) is 5.75 Å². The molecule has 0 spiro atoms. The third-order valence-corrected chi connectivity index (χ3v) is 8.50. The third-order valence-electron chi connectivity index (χ3n) is 6.49. The van der Waals surface area contributed by atoms with Crippen molar-refractivity contribution in [2.45, 2.75) is 38.1 Å². The van der Waals surface area contributed by atoms with Gasteiger partial charge >= 0.3 is 0 Å². The van der Waals surface area contributed by atoms with E-state index in [0.717, 1.165) is 35.3 Å². The number of rotatable bonds is 12. The number of halogens is 1. The minimum atomic E-state index is -3.88. The second-order valence-corrected chi connectivity index (χ2v) is 11.7. The topological polar surface area (TPSA) is 75.7 Å². The fourth-order valence-electron chi connectivity index (χ4n) is 4.39. The highest BCUT2D eigenvalue weighted by atomic mass is 35.5. The molecular formula is C32H33ClN2O4S. The Morgan fingerprint density at radius 1 is 0.925 bits per heavy atom. The number of para-hydroxylation sites is 1. The van der Waals surface area contributed by atoms with Crippen LogP contribution in [0.5, 0.6) is 5.75 Å². The molecular weight excluding hydrogens is 544 g/mol. The van der Waals surface area contributed by atoms with Gasteiger partial charge in [-0.05, 0) is 85.8 Å². The fraction of sp³-hybridized carbons (Fsp3) is 0.219. The first-order valence-electron chi connectivity index (χ1n) is 13.2. The fourth-order valence-corrected chi connectivity index (χ4v) is 6.08. The molecule has 0 unspecified atom stereocenters. The maximum absolute atomic E-state index is 13.7. The Balaban J connectivity index is 1.44. The third kappa shape index (κ3) is 7.23. The number of carbonyl (C=O) groups excluding carboxylic acids is 1. The van der Waals surface area contributed by atoms with E-state index in [1.807, 2.05) is 38.1 Å². The van der Waals surface area contributed by atoms with Gasteiger partial charge in [-0.1, -0.05) is 66.2 Å². The molecule has 40 heavy (non-hydrogen) atoms. The summed E-state index contributed by atoms with van der Waals surface area (Å²) in [5, 5.41) is 3.41. The van der Waals surface area contributed by atoms with E-state index in [2.05, 4.69) is 5.32 Å². The molecule has 8 heteroatoms. The molecule has 0 saturated heterocycles. The number of nitrogens with zero attached hydrogens (tertiary/aromatic N) is 1. The van der Waals surface area contributed by atoms with E-state index in [4.69, 9.17) is 16.3 Å². The van der Waals surface area contributed by atoms with Gasteiger partial charge in [-0.25, -0.2) is 8.42 Å². The van der Waals surface area contributed by atoms with E-state index in [1.54, 1.807) is 72.8 Å². The summed E-state index contributed by atoms with van der Waals surface area (Å²) in [6.07, 6.45) is 1.57. The Morgan fingerprint density at radius 3 is 2.35 bits per heavy atom. The van der Waals surface area contributed by atoms with E-state index in [0.29, 0.717) is 29.4 Å². The molecule has 0 atom stereocenters. The Hall–Kier alpha value is -3.81. The van der Waals surface area contributed by atoms with Crippen LogP contribution in [0.3, 0.4) is 0 Å². The minimum Gasteiger partial charge on any atom is -0.494 e. The molecule has 0 aliphatic heterocycles. The Labute approximate surface area is 241 Å². The quantitative estimate of drug-likeness (QED) is 0.188. The number of anilines is 1. The summed E-state index contributed by atoms with van der Waals surface area (Å²) in [6, 6.07) is 28.4. The molecule has 0 radical (unpaired) electrons. The predicted molar refractivity (Wildman–Crippen MR) is 161 cm³/mol. The molecule has 0 fully saturated rings. The van der Waals surface area contributed by atoms with Gasteiger partial charge in [0, 0.05) is 17.1 Å². The molecule has 1 amide bonds. The SMILES string of the molecule is CCOc1ccccc1CCCNC(=O)c1ccc(CN(c2cc(Cl)ccc2C)S(=O)(=O)c2ccccc2)cc1. The summed E-state index contributed by atoms with van der Waals surface area (Å²) in [4.78, 5) is 12.9.